The van der Waals surface area contributed by atoms with Gasteiger partial charge in [-0.05, 0) is 37.8 Å². The normalized spacial score (nSPS) is 16.1. The number of piperidine rings is 1. The van der Waals surface area contributed by atoms with Crippen molar-refractivity contribution in [2.45, 2.75) is 44.0 Å². The van der Waals surface area contributed by atoms with E-state index in [0.29, 0.717) is 28.2 Å². The quantitative estimate of drug-likeness (QED) is 0.389. The number of nitrogens with zero attached hydrogens (tertiary/aromatic N) is 5. The number of hydrogen-bond donors (Lipinski definition) is 0. The molecule has 1 fully saturated rings. The summed E-state index contributed by atoms with van der Waals surface area (Å²) < 4.78 is 7.30. The van der Waals surface area contributed by atoms with Gasteiger partial charge in [0.25, 0.3) is 16.7 Å². The van der Waals surface area contributed by atoms with Gasteiger partial charge >= 0.3 is 0 Å². The summed E-state index contributed by atoms with van der Waals surface area (Å²) in [4.78, 5) is 27.7. The van der Waals surface area contributed by atoms with E-state index in [9.17, 15) is 9.59 Å². The lowest BCUT2D eigenvalue weighted by Gasteiger charge is -2.33. The Kier molecular flexibility index (Phi) is 6.44. The summed E-state index contributed by atoms with van der Waals surface area (Å²) in [7, 11) is 0. The van der Waals surface area contributed by atoms with E-state index < -0.39 is 0 Å². The maximum Gasteiger partial charge on any atom is 0.277 e. The molecule has 0 aliphatic carbocycles. The van der Waals surface area contributed by atoms with E-state index in [4.69, 9.17) is 4.42 Å². The molecule has 34 heavy (non-hydrogen) atoms. The van der Waals surface area contributed by atoms with Crippen molar-refractivity contribution in [2.75, 3.05) is 12.3 Å². The monoisotopic (exact) mass is 475 g/mol. The largest absolute Gasteiger partial charge is 0.409 e. The fourth-order valence-electron chi connectivity index (χ4n) is 4.30. The predicted octanol–water partition coefficient (Wildman–Crippen LogP) is 3.99. The molecule has 2 aromatic heterocycles. The predicted molar refractivity (Wildman–Crippen MR) is 131 cm³/mol. The molecule has 0 bridgehead atoms. The second-order valence-electron chi connectivity index (χ2n) is 8.44. The zero-order valence-corrected chi connectivity index (χ0v) is 19.7. The highest BCUT2D eigenvalue weighted by Gasteiger charge is 2.24. The number of fused-ring (bicyclic) bond motifs is 1. The Labute approximate surface area is 201 Å². The standard InChI is InChI=1S/C25H25N5O3S/c1-17-9-7-8-14-29(17)21(31)16-34-25-27-26-23(33-25)22-19-12-5-6-13-20(19)24(32)30(28-22)15-18-10-3-2-4-11-18/h2-6,10-13,17H,7-9,14-16H2,1H3/t17-/m0/s1. The first-order valence-corrected chi connectivity index (χ1v) is 12.4. The van der Waals surface area contributed by atoms with Gasteiger partial charge in [0, 0.05) is 18.0 Å². The molecule has 0 saturated carbocycles. The number of thioether (sulfide) groups is 1. The molecule has 2 aromatic carbocycles. The topological polar surface area (TPSA) is 94.1 Å². The minimum absolute atomic E-state index is 0.0805. The number of rotatable bonds is 6. The van der Waals surface area contributed by atoms with Gasteiger partial charge in [-0.15, -0.1) is 10.2 Å². The van der Waals surface area contributed by atoms with Crippen LogP contribution in [0.25, 0.3) is 22.4 Å². The van der Waals surface area contributed by atoms with Gasteiger partial charge in [-0.2, -0.15) is 5.10 Å². The molecular formula is C25H25N5O3S. The van der Waals surface area contributed by atoms with Crippen molar-refractivity contribution in [1.29, 1.82) is 0 Å². The van der Waals surface area contributed by atoms with Crippen LogP contribution < -0.4 is 5.56 Å². The Morgan fingerprint density at radius 3 is 2.62 bits per heavy atom. The zero-order valence-electron chi connectivity index (χ0n) is 18.9. The minimum Gasteiger partial charge on any atom is -0.409 e. The summed E-state index contributed by atoms with van der Waals surface area (Å²) >= 11 is 1.23. The molecular weight excluding hydrogens is 450 g/mol. The van der Waals surface area contributed by atoms with Gasteiger partial charge in [0.05, 0.1) is 17.7 Å². The van der Waals surface area contributed by atoms with Crippen molar-refractivity contribution in [2.24, 2.45) is 0 Å². The number of benzene rings is 2. The average molecular weight is 476 g/mol. The number of amides is 1. The number of aromatic nitrogens is 4. The van der Waals surface area contributed by atoms with Crippen molar-refractivity contribution >= 4 is 28.4 Å². The van der Waals surface area contributed by atoms with E-state index in [1.165, 1.54) is 22.9 Å². The SMILES string of the molecule is C[C@H]1CCCCN1C(=O)CSc1nnc(-c2nn(Cc3ccccc3)c(=O)c3ccccc23)o1. The summed E-state index contributed by atoms with van der Waals surface area (Å²) in [6, 6.07) is 17.2. The highest BCUT2D eigenvalue weighted by atomic mass is 32.2. The van der Waals surface area contributed by atoms with E-state index in [2.05, 4.69) is 22.2 Å². The van der Waals surface area contributed by atoms with E-state index >= 15 is 0 Å². The second-order valence-corrected chi connectivity index (χ2v) is 9.36. The molecule has 1 amide bonds. The lowest BCUT2D eigenvalue weighted by atomic mass is 10.0. The maximum atomic E-state index is 13.1. The zero-order chi connectivity index (χ0) is 23.5. The Morgan fingerprint density at radius 2 is 1.82 bits per heavy atom. The number of carbonyl (C=O) groups excluding carboxylic acids is 1. The molecule has 174 valence electrons. The fourth-order valence-corrected chi connectivity index (χ4v) is 4.94. The number of carbonyl (C=O) groups is 1. The molecule has 1 saturated heterocycles. The van der Waals surface area contributed by atoms with Crippen LogP contribution >= 0.6 is 11.8 Å². The van der Waals surface area contributed by atoms with Crippen LogP contribution in [0.3, 0.4) is 0 Å². The molecule has 4 aromatic rings. The van der Waals surface area contributed by atoms with Crippen LogP contribution in [-0.4, -0.2) is 49.1 Å². The molecule has 5 rings (SSSR count). The minimum atomic E-state index is -0.182. The average Bonchev–Trinajstić information content (AvgIpc) is 3.34. The third-order valence-electron chi connectivity index (χ3n) is 6.09. The third-order valence-corrected chi connectivity index (χ3v) is 6.90. The van der Waals surface area contributed by atoms with Crippen molar-refractivity contribution in [1.82, 2.24) is 24.9 Å². The maximum absolute atomic E-state index is 13.1. The first kappa shape index (κ1) is 22.3. The van der Waals surface area contributed by atoms with Gasteiger partial charge in [-0.1, -0.05) is 60.3 Å². The van der Waals surface area contributed by atoms with E-state index in [0.717, 1.165) is 24.9 Å². The highest BCUT2D eigenvalue weighted by molar-refractivity contribution is 7.99. The van der Waals surface area contributed by atoms with Crippen LogP contribution in [0, 0.1) is 0 Å². The van der Waals surface area contributed by atoms with E-state index in [1.54, 1.807) is 6.07 Å². The first-order valence-electron chi connectivity index (χ1n) is 11.4. The Morgan fingerprint density at radius 1 is 1.06 bits per heavy atom. The highest BCUT2D eigenvalue weighted by Crippen LogP contribution is 2.27. The van der Waals surface area contributed by atoms with Crippen LogP contribution in [0.5, 0.6) is 0 Å². The van der Waals surface area contributed by atoms with Crippen molar-refractivity contribution < 1.29 is 9.21 Å². The lowest BCUT2D eigenvalue weighted by Crippen LogP contribution is -2.42. The Hall–Kier alpha value is -3.46. The Balaban J connectivity index is 1.41. The molecule has 9 heteroatoms. The Bertz CT molecular complexity index is 1370. The van der Waals surface area contributed by atoms with Crippen molar-refractivity contribution in [3.8, 4) is 11.6 Å². The fraction of sp³-hybridized carbons (Fsp3) is 0.320. The van der Waals surface area contributed by atoms with Crippen molar-refractivity contribution in [3.05, 3.63) is 70.5 Å². The van der Waals surface area contributed by atoms with Crippen LogP contribution in [0.2, 0.25) is 0 Å². The van der Waals surface area contributed by atoms with E-state index in [1.807, 2.05) is 53.4 Å². The number of hydrogen-bond acceptors (Lipinski definition) is 7. The summed E-state index contributed by atoms with van der Waals surface area (Å²) in [6.07, 6.45) is 3.25. The molecule has 1 aliphatic heterocycles. The molecule has 0 unspecified atom stereocenters. The van der Waals surface area contributed by atoms with Crippen LogP contribution in [-0.2, 0) is 11.3 Å². The molecule has 0 spiro atoms. The van der Waals surface area contributed by atoms with Crippen LogP contribution in [0.4, 0.5) is 0 Å². The molecule has 1 atom stereocenters. The second kappa shape index (κ2) is 9.80. The summed E-state index contributed by atoms with van der Waals surface area (Å²) in [5, 5.41) is 14.4. The van der Waals surface area contributed by atoms with Gasteiger partial charge in [0.1, 0.15) is 0 Å². The van der Waals surface area contributed by atoms with Gasteiger partial charge < -0.3 is 9.32 Å². The molecule has 8 nitrogen and oxygen atoms in total. The van der Waals surface area contributed by atoms with Crippen LogP contribution in [0.1, 0.15) is 31.7 Å². The van der Waals surface area contributed by atoms with Gasteiger partial charge in [-0.3, -0.25) is 9.59 Å². The molecule has 1 aliphatic rings. The molecule has 0 radical (unpaired) electrons. The molecule has 0 N–H and O–H groups in total. The molecule has 3 heterocycles. The van der Waals surface area contributed by atoms with Gasteiger partial charge in [0.2, 0.25) is 5.91 Å². The number of likely N-dealkylation sites (tertiary alicyclic amines) is 1. The van der Waals surface area contributed by atoms with Gasteiger partial charge in [-0.25, -0.2) is 4.68 Å². The van der Waals surface area contributed by atoms with E-state index in [-0.39, 0.29) is 29.2 Å². The smallest absolute Gasteiger partial charge is 0.277 e. The van der Waals surface area contributed by atoms with Gasteiger partial charge in [0.15, 0.2) is 5.69 Å². The van der Waals surface area contributed by atoms with Crippen molar-refractivity contribution in [3.63, 3.8) is 0 Å². The third kappa shape index (κ3) is 4.61. The summed E-state index contributed by atoms with van der Waals surface area (Å²) in [6.45, 7) is 3.22. The lowest BCUT2D eigenvalue weighted by molar-refractivity contribution is -0.131. The summed E-state index contributed by atoms with van der Waals surface area (Å²) in [5.41, 5.74) is 1.23. The van der Waals surface area contributed by atoms with Crippen LogP contribution in [0.15, 0.2) is 69.0 Å². The summed E-state index contributed by atoms with van der Waals surface area (Å²) in [5.74, 6) is 0.546. The first-order chi connectivity index (χ1) is 16.6.